The van der Waals surface area contributed by atoms with Crippen molar-refractivity contribution in [3.8, 4) is 0 Å². The predicted molar refractivity (Wildman–Crippen MR) is 71.0 cm³/mol. The van der Waals surface area contributed by atoms with Gasteiger partial charge in [-0.1, -0.05) is 6.92 Å². The van der Waals surface area contributed by atoms with Crippen molar-refractivity contribution in [2.45, 2.75) is 44.4 Å². The number of nitrogens with two attached hydrogens (primary N) is 1. The van der Waals surface area contributed by atoms with Gasteiger partial charge in [0.05, 0.1) is 17.8 Å². The highest BCUT2D eigenvalue weighted by Crippen LogP contribution is 2.31. The third-order valence-corrected chi connectivity index (χ3v) is 3.82. The van der Waals surface area contributed by atoms with E-state index in [2.05, 4.69) is 16.9 Å². The zero-order valence-electron chi connectivity index (χ0n) is 11.5. The number of aliphatic hydroxyl groups is 1. The summed E-state index contributed by atoms with van der Waals surface area (Å²) in [6.45, 7) is 5.56. The van der Waals surface area contributed by atoms with E-state index in [0.717, 1.165) is 24.9 Å². The number of rotatable bonds is 4. The molecule has 1 aliphatic rings. The van der Waals surface area contributed by atoms with Crippen LogP contribution in [0.1, 0.15) is 38.3 Å². The molecule has 0 spiro atoms. The summed E-state index contributed by atoms with van der Waals surface area (Å²) in [5.74, 6) is 0. The molecule has 0 radical (unpaired) electrons. The first-order valence-corrected chi connectivity index (χ1v) is 6.63. The van der Waals surface area contributed by atoms with Crippen molar-refractivity contribution in [1.82, 2.24) is 14.7 Å². The van der Waals surface area contributed by atoms with Gasteiger partial charge in [0.25, 0.3) is 0 Å². The zero-order chi connectivity index (χ0) is 13.3. The first-order valence-electron chi connectivity index (χ1n) is 6.63. The van der Waals surface area contributed by atoms with Crippen LogP contribution in [0.3, 0.4) is 0 Å². The first-order chi connectivity index (χ1) is 8.43. The number of aromatic nitrogens is 2. The lowest BCUT2D eigenvalue weighted by molar-refractivity contribution is 0.0593. The zero-order valence-corrected chi connectivity index (χ0v) is 11.5. The van der Waals surface area contributed by atoms with Crippen LogP contribution in [0.25, 0.3) is 0 Å². The molecule has 1 aromatic heterocycles. The molecule has 3 atom stereocenters. The molecule has 3 unspecified atom stereocenters. The van der Waals surface area contributed by atoms with Gasteiger partial charge < -0.3 is 10.8 Å². The van der Waals surface area contributed by atoms with Gasteiger partial charge in [0.1, 0.15) is 0 Å². The summed E-state index contributed by atoms with van der Waals surface area (Å²) in [6.07, 6.45) is 5.62. The minimum Gasteiger partial charge on any atom is -0.389 e. The van der Waals surface area contributed by atoms with Crippen LogP contribution < -0.4 is 5.73 Å². The molecule has 2 heterocycles. The van der Waals surface area contributed by atoms with E-state index in [1.807, 2.05) is 26.4 Å². The van der Waals surface area contributed by atoms with Gasteiger partial charge in [-0.3, -0.25) is 9.58 Å². The summed E-state index contributed by atoms with van der Waals surface area (Å²) in [7, 11) is 1.91. The topological polar surface area (TPSA) is 67.3 Å². The van der Waals surface area contributed by atoms with Crippen molar-refractivity contribution < 1.29 is 5.11 Å². The van der Waals surface area contributed by atoms with Crippen LogP contribution in [0.2, 0.25) is 0 Å². The number of likely N-dealkylation sites (tertiary alicyclic amines) is 1. The van der Waals surface area contributed by atoms with Crippen molar-refractivity contribution in [1.29, 1.82) is 0 Å². The van der Waals surface area contributed by atoms with Crippen LogP contribution in [0.15, 0.2) is 12.4 Å². The Morgan fingerprint density at radius 3 is 2.78 bits per heavy atom. The summed E-state index contributed by atoms with van der Waals surface area (Å²) in [6, 6.07) is 0.223. The molecule has 1 aliphatic heterocycles. The van der Waals surface area contributed by atoms with E-state index in [0.29, 0.717) is 6.54 Å². The molecule has 18 heavy (non-hydrogen) atoms. The number of β-amino-alcohol motifs (C(OH)–C–C–N with tert-alkyl or cyclic N) is 1. The fraction of sp³-hybridized carbons (Fsp3) is 0.769. The Labute approximate surface area is 109 Å². The molecule has 1 saturated heterocycles. The Morgan fingerprint density at radius 2 is 2.33 bits per heavy atom. The lowest BCUT2D eigenvalue weighted by Crippen LogP contribution is -2.41. The minimum atomic E-state index is -0.589. The van der Waals surface area contributed by atoms with Gasteiger partial charge in [0.15, 0.2) is 0 Å². The number of hydrogen-bond acceptors (Lipinski definition) is 4. The third-order valence-electron chi connectivity index (χ3n) is 3.82. The van der Waals surface area contributed by atoms with Gasteiger partial charge in [-0.05, 0) is 19.8 Å². The Morgan fingerprint density at radius 1 is 1.61 bits per heavy atom. The lowest BCUT2D eigenvalue weighted by Gasteiger charge is -2.32. The second kappa shape index (κ2) is 4.99. The van der Waals surface area contributed by atoms with Gasteiger partial charge >= 0.3 is 0 Å². The molecule has 1 aromatic rings. The van der Waals surface area contributed by atoms with Crippen molar-refractivity contribution in [3.05, 3.63) is 18.0 Å². The van der Waals surface area contributed by atoms with Gasteiger partial charge in [0.2, 0.25) is 0 Å². The Hall–Kier alpha value is -0.910. The molecule has 1 fully saturated rings. The third kappa shape index (κ3) is 2.74. The second-order valence-electron chi connectivity index (χ2n) is 5.68. The van der Waals surface area contributed by atoms with Gasteiger partial charge in [-0.2, -0.15) is 5.10 Å². The highest BCUT2D eigenvalue weighted by molar-refractivity contribution is 5.14. The molecule has 2 rings (SSSR count). The maximum atomic E-state index is 10.1. The van der Waals surface area contributed by atoms with Gasteiger partial charge in [0, 0.05) is 37.9 Å². The van der Waals surface area contributed by atoms with Crippen LogP contribution >= 0.6 is 0 Å². The van der Waals surface area contributed by atoms with E-state index in [9.17, 15) is 5.11 Å². The molecule has 5 heteroatoms. The summed E-state index contributed by atoms with van der Waals surface area (Å²) in [5.41, 5.74) is 6.82. The molecule has 0 aliphatic carbocycles. The van der Waals surface area contributed by atoms with Crippen molar-refractivity contribution in [2.24, 2.45) is 12.8 Å². The van der Waals surface area contributed by atoms with E-state index in [1.165, 1.54) is 0 Å². The van der Waals surface area contributed by atoms with E-state index in [1.54, 1.807) is 4.68 Å². The van der Waals surface area contributed by atoms with E-state index < -0.39 is 5.60 Å². The summed E-state index contributed by atoms with van der Waals surface area (Å²) >= 11 is 0. The highest BCUT2D eigenvalue weighted by Gasteiger charge is 2.37. The van der Waals surface area contributed by atoms with Crippen molar-refractivity contribution >= 4 is 0 Å². The Bertz CT molecular complexity index is 401. The number of hydrogen-bond donors (Lipinski definition) is 2. The quantitative estimate of drug-likeness (QED) is 0.826. The minimum absolute atomic E-state index is 0.0723. The van der Waals surface area contributed by atoms with Crippen LogP contribution in [0.5, 0.6) is 0 Å². The lowest BCUT2D eigenvalue weighted by atomic mass is 9.99. The normalized spacial score (nSPS) is 28.5. The van der Waals surface area contributed by atoms with Crippen LogP contribution in [-0.4, -0.2) is 44.5 Å². The molecule has 0 amide bonds. The van der Waals surface area contributed by atoms with Gasteiger partial charge in [-0.25, -0.2) is 0 Å². The summed E-state index contributed by atoms with van der Waals surface area (Å²) in [5, 5.41) is 14.4. The Kier molecular flexibility index (Phi) is 3.75. The largest absolute Gasteiger partial charge is 0.389 e. The molecule has 3 N–H and O–H groups in total. The molecule has 102 valence electrons. The highest BCUT2D eigenvalue weighted by atomic mass is 16.3. The molecular formula is C13H24N4O. The van der Waals surface area contributed by atoms with Crippen LogP contribution in [-0.2, 0) is 7.05 Å². The molecule has 0 saturated carbocycles. The maximum Gasteiger partial charge on any atom is 0.0758 e. The molecule has 0 aromatic carbocycles. The fourth-order valence-corrected chi connectivity index (χ4v) is 2.76. The number of nitrogens with zero attached hydrogens (tertiary/aromatic N) is 3. The first kappa shape index (κ1) is 13.5. The standard InChI is InChI=1S/C13H24N4O/c1-4-11(14)12(10-7-15-16(3)8-10)17-6-5-13(2,18)9-17/h7-8,11-12,18H,4-6,9,14H2,1-3H3. The monoisotopic (exact) mass is 252 g/mol. The van der Waals surface area contributed by atoms with Crippen molar-refractivity contribution in [2.75, 3.05) is 13.1 Å². The van der Waals surface area contributed by atoms with Crippen LogP contribution in [0, 0.1) is 0 Å². The van der Waals surface area contributed by atoms with E-state index in [4.69, 9.17) is 5.73 Å². The molecule has 5 nitrogen and oxygen atoms in total. The fourth-order valence-electron chi connectivity index (χ4n) is 2.76. The van der Waals surface area contributed by atoms with E-state index in [-0.39, 0.29) is 12.1 Å². The van der Waals surface area contributed by atoms with Crippen LogP contribution in [0.4, 0.5) is 0 Å². The SMILES string of the molecule is CCC(N)C(c1cnn(C)c1)N1CCC(C)(O)C1. The maximum absolute atomic E-state index is 10.1. The predicted octanol–water partition coefficient (Wildman–Crippen LogP) is 0.655. The van der Waals surface area contributed by atoms with E-state index >= 15 is 0 Å². The number of aryl methyl sites for hydroxylation is 1. The summed E-state index contributed by atoms with van der Waals surface area (Å²) in [4.78, 5) is 2.28. The smallest absolute Gasteiger partial charge is 0.0758 e. The summed E-state index contributed by atoms with van der Waals surface area (Å²) < 4.78 is 1.80. The van der Waals surface area contributed by atoms with Gasteiger partial charge in [-0.15, -0.1) is 0 Å². The average Bonchev–Trinajstić information content (AvgIpc) is 2.86. The second-order valence-corrected chi connectivity index (χ2v) is 5.68. The molecular weight excluding hydrogens is 228 g/mol. The average molecular weight is 252 g/mol. The Balaban J connectivity index is 2.21. The molecule has 0 bridgehead atoms. The van der Waals surface area contributed by atoms with Crippen molar-refractivity contribution in [3.63, 3.8) is 0 Å².